The predicted molar refractivity (Wildman–Crippen MR) is 52.2 cm³/mol. The van der Waals surface area contributed by atoms with E-state index in [2.05, 4.69) is 10.7 Å². The Labute approximate surface area is 81.3 Å². The van der Waals surface area contributed by atoms with Crippen molar-refractivity contribution in [1.82, 2.24) is 5.32 Å². The van der Waals surface area contributed by atoms with E-state index in [4.69, 9.17) is 5.84 Å². The van der Waals surface area contributed by atoms with Crippen LogP contribution in [0.2, 0.25) is 0 Å². The zero-order chi connectivity index (χ0) is 10.6. The third-order valence-corrected chi connectivity index (χ3v) is 1.74. The Kier molecular flexibility index (Phi) is 3.41. The minimum Gasteiger partial charge on any atom is -0.352 e. The topological polar surface area (TPSA) is 67.2 Å². The highest BCUT2D eigenvalue weighted by Gasteiger charge is 2.12. The van der Waals surface area contributed by atoms with Crippen molar-refractivity contribution in [2.75, 3.05) is 12.0 Å². The summed E-state index contributed by atoms with van der Waals surface area (Å²) in [5, 5.41) is 2.56. The van der Waals surface area contributed by atoms with Crippen LogP contribution in [0.1, 0.15) is 17.3 Å². The third kappa shape index (κ3) is 2.00. The summed E-state index contributed by atoms with van der Waals surface area (Å²) in [6, 6.07) is 4.20. The van der Waals surface area contributed by atoms with Crippen molar-refractivity contribution in [3.05, 3.63) is 29.6 Å². The third-order valence-electron chi connectivity index (χ3n) is 1.74. The minimum absolute atomic E-state index is 0.0125. The van der Waals surface area contributed by atoms with Gasteiger partial charge in [-0.3, -0.25) is 10.6 Å². The highest BCUT2D eigenvalue weighted by atomic mass is 19.1. The summed E-state index contributed by atoms with van der Waals surface area (Å²) < 4.78 is 13.1. The Morgan fingerprint density at radius 1 is 1.57 bits per heavy atom. The molecular formula is C9H12FN3O. The Balaban J connectivity index is 3.07. The molecule has 76 valence electrons. The number of anilines is 1. The monoisotopic (exact) mass is 197 g/mol. The molecule has 0 saturated heterocycles. The smallest absolute Gasteiger partial charge is 0.253 e. The number of para-hydroxylation sites is 1. The lowest BCUT2D eigenvalue weighted by molar-refractivity contribution is 0.0956. The van der Waals surface area contributed by atoms with Gasteiger partial charge in [0.15, 0.2) is 0 Å². The van der Waals surface area contributed by atoms with E-state index in [9.17, 15) is 9.18 Å². The van der Waals surface area contributed by atoms with Crippen molar-refractivity contribution in [2.45, 2.75) is 6.92 Å². The molecule has 0 aliphatic heterocycles. The van der Waals surface area contributed by atoms with Gasteiger partial charge in [0.2, 0.25) is 0 Å². The van der Waals surface area contributed by atoms with E-state index in [-0.39, 0.29) is 17.2 Å². The molecule has 0 aliphatic rings. The number of nitrogen functional groups attached to an aromatic ring is 1. The molecule has 4 N–H and O–H groups in total. The molecule has 1 aromatic rings. The lowest BCUT2D eigenvalue weighted by Crippen LogP contribution is -2.25. The summed E-state index contributed by atoms with van der Waals surface area (Å²) in [5.41, 5.74) is 2.38. The maximum Gasteiger partial charge on any atom is 0.253 e. The average molecular weight is 197 g/mol. The molecule has 14 heavy (non-hydrogen) atoms. The summed E-state index contributed by atoms with van der Waals surface area (Å²) in [4.78, 5) is 11.4. The van der Waals surface area contributed by atoms with Crippen LogP contribution >= 0.6 is 0 Å². The minimum atomic E-state index is -0.545. The van der Waals surface area contributed by atoms with Crippen LogP contribution in [0.25, 0.3) is 0 Å². The molecule has 1 rings (SSSR count). The van der Waals surface area contributed by atoms with Crippen LogP contribution in [0.5, 0.6) is 0 Å². The molecule has 1 amide bonds. The SMILES string of the molecule is CCNC(=O)c1cccc(F)c1NN. The Morgan fingerprint density at radius 2 is 2.29 bits per heavy atom. The zero-order valence-electron chi connectivity index (χ0n) is 7.80. The number of hydrogen-bond donors (Lipinski definition) is 3. The van der Waals surface area contributed by atoms with E-state index >= 15 is 0 Å². The van der Waals surface area contributed by atoms with Gasteiger partial charge in [-0.2, -0.15) is 0 Å². The quantitative estimate of drug-likeness (QED) is 0.497. The molecule has 1 aromatic carbocycles. The van der Waals surface area contributed by atoms with Crippen molar-refractivity contribution in [3.63, 3.8) is 0 Å². The average Bonchev–Trinajstić information content (AvgIpc) is 2.17. The number of amides is 1. The van der Waals surface area contributed by atoms with Crippen LogP contribution in [0, 0.1) is 5.82 Å². The molecule has 0 saturated carbocycles. The van der Waals surface area contributed by atoms with E-state index in [0.29, 0.717) is 6.54 Å². The van der Waals surface area contributed by atoms with Crippen molar-refractivity contribution >= 4 is 11.6 Å². The van der Waals surface area contributed by atoms with E-state index in [1.807, 2.05) is 0 Å². The lowest BCUT2D eigenvalue weighted by atomic mass is 10.1. The summed E-state index contributed by atoms with van der Waals surface area (Å²) in [7, 11) is 0. The fraction of sp³-hybridized carbons (Fsp3) is 0.222. The van der Waals surface area contributed by atoms with E-state index in [1.54, 1.807) is 6.92 Å². The number of rotatable bonds is 3. The number of carbonyl (C=O) groups is 1. The van der Waals surface area contributed by atoms with E-state index < -0.39 is 5.82 Å². The summed E-state index contributed by atoms with van der Waals surface area (Å²) in [6.45, 7) is 2.27. The standard InChI is InChI=1S/C9H12FN3O/c1-2-12-9(14)6-4-3-5-7(10)8(6)13-11/h3-5,13H,2,11H2,1H3,(H,12,14). The van der Waals surface area contributed by atoms with Crippen molar-refractivity contribution in [1.29, 1.82) is 0 Å². The molecule has 0 aromatic heterocycles. The number of halogens is 1. The summed E-state index contributed by atoms with van der Waals surface area (Å²) in [6.07, 6.45) is 0. The van der Waals surface area contributed by atoms with Gasteiger partial charge in [-0.05, 0) is 19.1 Å². The van der Waals surface area contributed by atoms with Crippen LogP contribution in [-0.2, 0) is 0 Å². The van der Waals surface area contributed by atoms with E-state index in [1.165, 1.54) is 18.2 Å². The Bertz CT molecular complexity index is 341. The highest BCUT2D eigenvalue weighted by Crippen LogP contribution is 2.18. The van der Waals surface area contributed by atoms with Gasteiger partial charge in [0.25, 0.3) is 5.91 Å². The molecule has 5 heteroatoms. The van der Waals surface area contributed by atoms with Crippen molar-refractivity contribution in [3.8, 4) is 0 Å². The van der Waals surface area contributed by atoms with Gasteiger partial charge in [0.1, 0.15) is 5.82 Å². The molecule has 0 aliphatic carbocycles. The van der Waals surface area contributed by atoms with Gasteiger partial charge in [0, 0.05) is 6.54 Å². The van der Waals surface area contributed by atoms with Gasteiger partial charge >= 0.3 is 0 Å². The maximum atomic E-state index is 13.1. The normalized spacial score (nSPS) is 9.64. The molecule has 4 nitrogen and oxygen atoms in total. The first-order chi connectivity index (χ1) is 6.70. The van der Waals surface area contributed by atoms with Crippen LogP contribution in [0.4, 0.5) is 10.1 Å². The number of nitrogens with two attached hydrogens (primary N) is 1. The molecule has 0 heterocycles. The molecule has 0 spiro atoms. The van der Waals surface area contributed by atoms with Gasteiger partial charge in [0.05, 0.1) is 11.3 Å². The second kappa shape index (κ2) is 4.57. The van der Waals surface area contributed by atoms with Gasteiger partial charge in [-0.25, -0.2) is 4.39 Å². The molecule has 0 unspecified atom stereocenters. The second-order valence-electron chi connectivity index (χ2n) is 2.67. The number of hydrazine groups is 1. The first-order valence-electron chi connectivity index (χ1n) is 4.24. The lowest BCUT2D eigenvalue weighted by Gasteiger charge is -2.08. The Hall–Kier alpha value is -1.62. The van der Waals surface area contributed by atoms with Crippen LogP contribution in [0.15, 0.2) is 18.2 Å². The van der Waals surface area contributed by atoms with Crippen molar-refractivity contribution < 1.29 is 9.18 Å². The molecular weight excluding hydrogens is 185 g/mol. The van der Waals surface area contributed by atoms with Gasteiger partial charge < -0.3 is 10.7 Å². The van der Waals surface area contributed by atoms with E-state index in [0.717, 1.165) is 0 Å². The summed E-state index contributed by atoms with van der Waals surface area (Å²) in [5.74, 6) is 4.22. The number of nitrogens with one attached hydrogen (secondary N) is 2. The number of hydrogen-bond acceptors (Lipinski definition) is 3. The fourth-order valence-corrected chi connectivity index (χ4v) is 1.12. The van der Waals surface area contributed by atoms with Crippen molar-refractivity contribution in [2.24, 2.45) is 5.84 Å². The second-order valence-corrected chi connectivity index (χ2v) is 2.67. The van der Waals surface area contributed by atoms with Crippen LogP contribution < -0.4 is 16.6 Å². The number of carbonyl (C=O) groups excluding carboxylic acids is 1. The first-order valence-corrected chi connectivity index (χ1v) is 4.24. The molecule has 0 radical (unpaired) electrons. The molecule has 0 bridgehead atoms. The zero-order valence-corrected chi connectivity index (χ0v) is 7.80. The largest absolute Gasteiger partial charge is 0.352 e. The van der Waals surface area contributed by atoms with Gasteiger partial charge in [-0.15, -0.1) is 0 Å². The first kappa shape index (κ1) is 10.5. The fourth-order valence-electron chi connectivity index (χ4n) is 1.12. The summed E-state index contributed by atoms with van der Waals surface area (Å²) >= 11 is 0. The highest BCUT2D eigenvalue weighted by molar-refractivity contribution is 5.99. The van der Waals surface area contributed by atoms with Crippen LogP contribution in [-0.4, -0.2) is 12.5 Å². The van der Waals surface area contributed by atoms with Crippen LogP contribution in [0.3, 0.4) is 0 Å². The number of benzene rings is 1. The molecule has 0 fully saturated rings. The maximum absolute atomic E-state index is 13.1. The predicted octanol–water partition coefficient (Wildman–Crippen LogP) is 0.861. The Morgan fingerprint density at radius 3 is 2.86 bits per heavy atom. The van der Waals surface area contributed by atoms with Gasteiger partial charge in [-0.1, -0.05) is 6.07 Å². The molecule has 0 atom stereocenters.